The minimum Gasteiger partial charge on any atom is -0.435 e. The van der Waals surface area contributed by atoms with E-state index in [1.807, 2.05) is 0 Å². The monoisotopic (exact) mass is 301 g/mol. The predicted octanol–water partition coefficient (Wildman–Crippen LogP) is 4.69. The number of anilines is 1. The number of alkyl halides is 2. The lowest BCUT2D eigenvalue weighted by Gasteiger charge is -2.09. The molecule has 0 aromatic heterocycles. The second kappa shape index (κ2) is 6.52. The van der Waals surface area contributed by atoms with E-state index in [2.05, 4.69) is 10.1 Å². The molecule has 2 aromatic rings. The van der Waals surface area contributed by atoms with Crippen molar-refractivity contribution in [3.05, 3.63) is 58.9 Å². The quantitative estimate of drug-likeness (QED) is 0.865. The van der Waals surface area contributed by atoms with Crippen LogP contribution in [0, 0.1) is 5.82 Å². The predicted molar refractivity (Wildman–Crippen MR) is 71.8 cm³/mol. The first kappa shape index (κ1) is 14.5. The number of nitrogens with one attached hydrogen (secondary N) is 1. The van der Waals surface area contributed by atoms with Crippen molar-refractivity contribution >= 4 is 17.3 Å². The zero-order valence-electron chi connectivity index (χ0n) is 10.2. The van der Waals surface area contributed by atoms with Crippen molar-refractivity contribution in [2.45, 2.75) is 13.2 Å². The molecule has 6 heteroatoms. The van der Waals surface area contributed by atoms with Crippen molar-refractivity contribution in [2.75, 3.05) is 5.32 Å². The molecule has 0 amide bonds. The first-order chi connectivity index (χ1) is 9.54. The fraction of sp³-hybridized carbons (Fsp3) is 0.143. The summed E-state index contributed by atoms with van der Waals surface area (Å²) < 4.78 is 41.5. The van der Waals surface area contributed by atoms with E-state index >= 15 is 0 Å². The van der Waals surface area contributed by atoms with Crippen molar-refractivity contribution in [2.24, 2.45) is 0 Å². The van der Waals surface area contributed by atoms with Gasteiger partial charge in [0.2, 0.25) is 0 Å². The van der Waals surface area contributed by atoms with Crippen molar-refractivity contribution in [1.29, 1.82) is 0 Å². The molecule has 0 saturated heterocycles. The molecule has 0 unspecified atom stereocenters. The second-order valence-electron chi connectivity index (χ2n) is 4.01. The summed E-state index contributed by atoms with van der Waals surface area (Å²) >= 11 is 5.67. The molecule has 0 radical (unpaired) electrons. The van der Waals surface area contributed by atoms with E-state index in [1.165, 1.54) is 24.3 Å². The lowest BCUT2D eigenvalue weighted by molar-refractivity contribution is -0.0498. The lowest BCUT2D eigenvalue weighted by atomic mass is 10.2. The maximum Gasteiger partial charge on any atom is 0.387 e. The largest absolute Gasteiger partial charge is 0.435 e. The van der Waals surface area contributed by atoms with Gasteiger partial charge >= 0.3 is 6.61 Å². The molecule has 0 fully saturated rings. The third kappa shape index (κ3) is 4.06. The molecular weight excluding hydrogens is 291 g/mol. The number of rotatable bonds is 5. The maximum absolute atomic E-state index is 13.0. The highest BCUT2D eigenvalue weighted by molar-refractivity contribution is 6.30. The van der Waals surface area contributed by atoms with Crippen molar-refractivity contribution in [3.63, 3.8) is 0 Å². The number of hydrogen-bond donors (Lipinski definition) is 1. The average Bonchev–Trinajstić information content (AvgIpc) is 2.40. The Hall–Kier alpha value is -1.88. The minimum absolute atomic E-state index is 0.0408. The van der Waals surface area contributed by atoms with E-state index in [0.717, 1.165) is 5.56 Å². The van der Waals surface area contributed by atoms with Gasteiger partial charge in [0.25, 0.3) is 0 Å². The molecule has 2 rings (SSSR count). The molecule has 0 aliphatic carbocycles. The fourth-order valence-corrected chi connectivity index (χ4v) is 1.84. The van der Waals surface area contributed by atoms with Gasteiger partial charge in [0.15, 0.2) is 0 Å². The average molecular weight is 302 g/mol. The van der Waals surface area contributed by atoms with Gasteiger partial charge in [-0.2, -0.15) is 8.78 Å². The second-order valence-corrected chi connectivity index (χ2v) is 4.42. The highest BCUT2D eigenvalue weighted by atomic mass is 35.5. The van der Waals surface area contributed by atoms with E-state index in [9.17, 15) is 13.2 Å². The molecule has 0 spiro atoms. The van der Waals surface area contributed by atoms with Crippen LogP contribution in [0.5, 0.6) is 5.75 Å². The van der Waals surface area contributed by atoms with Crippen LogP contribution in [-0.4, -0.2) is 6.61 Å². The third-order valence-electron chi connectivity index (χ3n) is 2.54. The van der Waals surface area contributed by atoms with Gasteiger partial charge in [-0.1, -0.05) is 23.7 Å². The molecule has 0 bridgehead atoms. The van der Waals surface area contributed by atoms with Gasteiger partial charge in [-0.15, -0.1) is 0 Å². The van der Waals surface area contributed by atoms with Crippen LogP contribution >= 0.6 is 11.6 Å². The summed E-state index contributed by atoms with van der Waals surface area (Å²) in [7, 11) is 0. The summed E-state index contributed by atoms with van der Waals surface area (Å²) in [5.41, 5.74) is 1.39. The zero-order chi connectivity index (χ0) is 14.5. The maximum atomic E-state index is 13.0. The molecule has 0 saturated carbocycles. The summed E-state index contributed by atoms with van der Waals surface area (Å²) in [5, 5.41) is 3.06. The highest BCUT2D eigenvalue weighted by Gasteiger charge is 2.05. The van der Waals surface area contributed by atoms with Gasteiger partial charge in [-0.05, 0) is 29.8 Å². The topological polar surface area (TPSA) is 21.3 Å². The van der Waals surface area contributed by atoms with Crippen LogP contribution in [0.1, 0.15) is 5.56 Å². The van der Waals surface area contributed by atoms with Crippen LogP contribution in [-0.2, 0) is 6.54 Å². The van der Waals surface area contributed by atoms with E-state index < -0.39 is 12.4 Å². The summed E-state index contributed by atoms with van der Waals surface area (Å²) in [5.74, 6) is -0.412. The van der Waals surface area contributed by atoms with Crippen LogP contribution in [0.25, 0.3) is 0 Å². The van der Waals surface area contributed by atoms with Crippen LogP contribution in [0.4, 0.5) is 18.9 Å². The first-order valence-corrected chi connectivity index (χ1v) is 6.15. The van der Waals surface area contributed by atoms with E-state index in [1.54, 1.807) is 18.2 Å². The van der Waals surface area contributed by atoms with Gasteiger partial charge < -0.3 is 10.1 Å². The molecule has 0 aliphatic heterocycles. The first-order valence-electron chi connectivity index (χ1n) is 5.77. The van der Waals surface area contributed by atoms with Gasteiger partial charge in [-0.3, -0.25) is 0 Å². The fourth-order valence-electron chi connectivity index (χ4n) is 1.64. The SMILES string of the molecule is Fc1ccc(CNc2cccc(OC(F)F)c2)cc1Cl. The Kier molecular flexibility index (Phi) is 4.74. The Labute approximate surface area is 119 Å². The number of halogens is 4. The lowest BCUT2D eigenvalue weighted by Crippen LogP contribution is -2.03. The van der Waals surface area contributed by atoms with Crippen molar-refractivity contribution in [3.8, 4) is 5.75 Å². The van der Waals surface area contributed by atoms with Crippen LogP contribution < -0.4 is 10.1 Å². The van der Waals surface area contributed by atoms with Crippen LogP contribution in [0.3, 0.4) is 0 Å². The van der Waals surface area contributed by atoms with Crippen molar-refractivity contribution in [1.82, 2.24) is 0 Å². The molecule has 2 aromatic carbocycles. The summed E-state index contributed by atoms with van der Waals surface area (Å²) in [6.07, 6.45) is 0. The summed E-state index contributed by atoms with van der Waals surface area (Å²) in [6, 6.07) is 10.6. The van der Waals surface area contributed by atoms with E-state index in [0.29, 0.717) is 12.2 Å². The van der Waals surface area contributed by atoms with Gasteiger partial charge in [0.1, 0.15) is 11.6 Å². The molecule has 0 heterocycles. The van der Waals surface area contributed by atoms with Gasteiger partial charge in [0, 0.05) is 18.3 Å². The van der Waals surface area contributed by atoms with Crippen molar-refractivity contribution < 1.29 is 17.9 Å². The zero-order valence-corrected chi connectivity index (χ0v) is 11.0. The molecular formula is C14H11ClF3NO. The third-order valence-corrected chi connectivity index (χ3v) is 2.83. The number of benzene rings is 2. The Bertz CT molecular complexity index is 592. The Morgan fingerprint density at radius 2 is 1.95 bits per heavy atom. The minimum atomic E-state index is -2.86. The smallest absolute Gasteiger partial charge is 0.387 e. The van der Waals surface area contributed by atoms with Crippen LogP contribution in [0.2, 0.25) is 5.02 Å². The molecule has 0 aliphatic rings. The van der Waals surface area contributed by atoms with Gasteiger partial charge in [0.05, 0.1) is 5.02 Å². The molecule has 1 N–H and O–H groups in total. The Morgan fingerprint density at radius 1 is 1.15 bits per heavy atom. The van der Waals surface area contributed by atoms with Crippen LogP contribution in [0.15, 0.2) is 42.5 Å². The number of hydrogen-bond acceptors (Lipinski definition) is 2. The highest BCUT2D eigenvalue weighted by Crippen LogP contribution is 2.21. The molecule has 106 valence electrons. The molecule has 20 heavy (non-hydrogen) atoms. The standard InChI is InChI=1S/C14H11ClF3NO/c15-12-6-9(4-5-13(12)16)8-19-10-2-1-3-11(7-10)20-14(17)18/h1-7,14,19H,8H2. The Balaban J connectivity index is 2.01. The molecule has 0 atom stereocenters. The van der Waals surface area contributed by atoms with Gasteiger partial charge in [-0.25, -0.2) is 4.39 Å². The number of ether oxygens (including phenoxy) is 1. The van der Waals surface area contributed by atoms with E-state index in [-0.39, 0.29) is 10.8 Å². The Morgan fingerprint density at radius 3 is 2.65 bits per heavy atom. The molecule has 2 nitrogen and oxygen atoms in total. The summed E-state index contributed by atoms with van der Waals surface area (Å²) in [4.78, 5) is 0. The normalized spacial score (nSPS) is 10.7. The van der Waals surface area contributed by atoms with E-state index in [4.69, 9.17) is 11.6 Å². The summed E-state index contributed by atoms with van der Waals surface area (Å²) in [6.45, 7) is -2.47.